The number of carbonyl (C=O) groups is 3. The molecule has 0 fully saturated rings. The van der Waals surface area contributed by atoms with Gasteiger partial charge in [-0.15, -0.1) is 0 Å². The molecule has 362 valence electrons. The molecule has 0 heterocycles. The average Bonchev–Trinajstić information content (AvgIpc) is 3.27. The molecule has 0 aliphatic heterocycles. The molecule has 0 saturated heterocycles. The first-order chi connectivity index (χ1) is 30.5. The van der Waals surface area contributed by atoms with Crippen LogP contribution < -0.4 is 0 Å². The standard InChI is InChI=1S/C56H102O6/c1-4-7-10-13-15-17-19-21-23-24-25-26-27-28-29-30-31-33-34-36-38-40-43-46-49-55(58)61-52-53(51-60-54(57)48-45-42-12-9-6-3)62-56(59)50-47-44-41-39-37-35-32-22-20-18-16-14-11-8-5-2/h8,11,16,18,22,32,53H,4-7,9-10,12-15,17,19-21,23-31,33-52H2,1-3H3/b11-8-,18-16-,32-22-. The van der Waals surface area contributed by atoms with Crippen molar-refractivity contribution in [3.8, 4) is 0 Å². The van der Waals surface area contributed by atoms with E-state index in [1.165, 1.54) is 141 Å². The van der Waals surface area contributed by atoms with Crippen molar-refractivity contribution in [2.24, 2.45) is 0 Å². The van der Waals surface area contributed by atoms with Crippen LogP contribution in [0.1, 0.15) is 284 Å². The highest BCUT2D eigenvalue weighted by molar-refractivity contribution is 5.71. The van der Waals surface area contributed by atoms with Gasteiger partial charge >= 0.3 is 17.9 Å². The predicted octanol–water partition coefficient (Wildman–Crippen LogP) is 17.7. The van der Waals surface area contributed by atoms with Gasteiger partial charge in [0.05, 0.1) is 0 Å². The van der Waals surface area contributed by atoms with Crippen LogP contribution in [0.2, 0.25) is 0 Å². The Morgan fingerprint density at radius 3 is 0.984 bits per heavy atom. The Morgan fingerprint density at radius 2 is 0.629 bits per heavy atom. The van der Waals surface area contributed by atoms with Crippen LogP contribution in [0.25, 0.3) is 0 Å². The van der Waals surface area contributed by atoms with E-state index >= 15 is 0 Å². The third-order valence-electron chi connectivity index (χ3n) is 11.9. The minimum Gasteiger partial charge on any atom is -0.462 e. The molecule has 0 radical (unpaired) electrons. The van der Waals surface area contributed by atoms with Gasteiger partial charge in [0, 0.05) is 19.3 Å². The molecule has 0 aromatic carbocycles. The minimum absolute atomic E-state index is 0.0764. The van der Waals surface area contributed by atoms with Gasteiger partial charge in [0.1, 0.15) is 13.2 Å². The van der Waals surface area contributed by atoms with E-state index in [0.717, 1.165) is 103 Å². The quantitative estimate of drug-likeness (QED) is 0.0262. The van der Waals surface area contributed by atoms with Gasteiger partial charge in [0.15, 0.2) is 6.10 Å². The molecule has 0 rings (SSSR count). The summed E-state index contributed by atoms with van der Waals surface area (Å²) >= 11 is 0. The van der Waals surface area contributed by atoms with Gasteiger partial charge in [0.25, 0.3) is 0 Å². The van der Waals surface area contributed by atoms with Crippen molar-refractivity contribution >= 4 is 17.9 Å². The van der Waals surface area contributed by atoms with Gasteiger partial charge in [-0.05, 0) is 51.4 Å². The fourth-order valence-electron chi connectivity index (χ4n) is 7.87. The van der Waals surface area contributed by atoms with Gasteiger partial charge in [-0.1, -0.05) is 250 Å². The maximum absolute atomic E-state index is 12.7. The van der Waals surface area contributed by atoms with E-state index in [9.17, 15) is 14.4 Å². The molecule has 0 aromatic rings. The van der Waals surface area contributed by atoms with E-state index in [2.05, 4.69) is 57.2 Å². The predicted molar refractivity (Wildman–Crippen MR) is 266 cm³/mol. The topological polar surface area (TPSA) is 78.9 Å². The summed E-state index contributed by atoms with van der Waals surface area (Å²) in [6.45, 7) is 6.46. The summed E-state index contributed by atoms with van der Waals surface area (Å²) in [6.07, 6.45) is 60.4. The zero-order valence-electron chi connectivity index (χ0n) is 41.4. The van der Waals surface area contributed by atoms with Gasteiger partial charge in [-0.2, -0.15) is 0 Å². The third kappa shape index (κ3) is 48.7. The van der Waals surface area contributed by atoms with Crippen LogP contribution in [0, 0.1) is 0 Å². The highest BCUT2D eigenvalue weighted by atomic mass is 16.6. The molecule has 0 aliphatic rings. The SMILES string of the molecule is CC/C=C\C/C=C\C/C=C\CCCCCCCC(=O)OC(COC(=O)CCCCCCC)COC(=O)CCCCCCCCCCCCCCCCCCCCCCCCCC. The van der Waals surface area contributed by atoms with E-state index in [1.54, 1.807) is 0 Å². The van der Waals surface area contributed by atoms with Crippen LogP contribution in [0.4, 0.5) is 0 Å². The molecular formula is C56H102O6. The van der Waals surface area contributed by atoms with Crippen molar-refractivity contribution < 1.29 is 28.6 Å². The Morgan fingerprint density at radius 1 is 0.339 bits per heavy atom. The molecule has 1 atom stereocenters. The molecule has 0 aromatic heterocycles. The number of carbonyl (C=O) groups excluding carboxylic acids is 3. The highest BCUT2D eigenvalue weighted by Gasteiger charge is 2.19. The van der Waals surface area contributed by atoms with Crippen molar-refractivity contribution in [2.75, 3.05) is 13.2 Å². The lowest BCUT2D eigenvalue weighted by molar-refractivity contribution is -0.167. The largest absolute Gasteiger partial charge is 0.462 e. The minimum atomic E-state index is -0.774. The Bertz CT molecular complexity index is 1050. The van der Waals surface area contributed by atoms with Gasteiger partial charge in [-0.25, -0.2) is 0 Å². The lowest BCUT2D eigenvalue weighted by Gasteiger charge is -2.18. The van der Waals surface area contributed by atoms with Crippen LogP contribution in [0.3, 0.4) is 0 Å². The highest BCUT2D eigenvalue weighted by Crippen LogP contribution is 2.17. The maximum atomic E-state index is 12.7. The summed E-state index contributed by atoms with van der Waals surface area (Å²) in [5.41, 5.74) is 0. The summed E-state index contributed by atoms with van der Waals surface area (Å²) in [6, 6.07) is 0. The Kier molecular flexibility index (Phi) is 49.3. The Labute approximate surface area is 385 Å². The lowest BCUT2D eigenvalue weighted by atomic mass is 10.0. The third-order valence-corrected chi connectivity index (χ3v) is 11.9. The van der Waals surface area contributed by atoms with E-state index in [0.29, 0.717) is 19.3 Å². The molecule has 0 saturated carbocycles. The van der Waals surface area contributed by atoms with Crippen molar-refractivity contribution in [3.05, 3.63) is 36.5 Å². The zero-order chi connectivity index (χ0) is 45.1. The second-order valence-electron chi connectivity index (χ2n) is 18.1. The molecule has 1 unspecified atom stereocenters. The average molecular weight is 871 g/mol. The number of esters is 3. The number of hydrogen-bond acceptors (Lipinski definition) is 6. The second kappa shape index (κ2) is 51.3. The van der Waals surface area contributed by atoms with Crippen LogP contribution in [0.5, 0.6) is 0 Å². The lowest BCUT2D eigenvalue weighted by Crippen LogP contribution is -2.30. The van der Waals surface area contributed by atoms with Gasteiger partial charge < -0.3 is 14.2 Å². The monoisotopic (exact) mass is 871 g/mol. The first-order valence-electron chi connectivity index (χ1n) is 27.0. The van der Waals surface area contributed by atoms with E-state index < -0.39 is 6.10 Å². The van der Waals surface area contributed by atoms with Crippen LogP contribution in [-0.4, -0.2) is 37.2 Å². The zero-order valence-corrected chi connectivity index (χ0v) is 41.4. The fraction of sp³-hybridized carbons (Fsp3) is 0.839. The molecule has 0 N–H and O–H groups in total. The molecule has 0 aliphatic carbocycles. The fourth-order valence-corrected chi connectivity index (χ4v) is 7.87. The summed E-state index contributed by atoms with van der Waals surface area (Å²) in [5, 5.41) is 0. The summed E-state index contributed by atoms with van der Waals surface area (Å²) < 4.78 is 16.7. The molecule has 0 amide bonds. The van der Waals surface area contributed by atoms with Gasteiger partial charge in [0.2, 0.25) is 0 Å². The van der Waals surface area contributed by atoms with Crippen LogP contribution >= 0.6 is 0 Å². The molecule has 6 nitrogen and oxygen atoms in total. The molecule has 62 heavy (non-hydrogen) atoms. The summed E-state index contributed by atoms with van der Waals surface area (Å²) in [4.78, 5) is 37.7. The van der Waals surface area contributed by atoms with E-state index in [4.69, 9.17) is 14.2 Å². The number of ether oxygens (including phenoxy) is 3. The van der Waals surface area contributed by atoms with Crippen LogP contribution in [0.15, 0.2) is 36.5 Å². The number of rotatable bonds is 49. The maximum Gasteiger partial charge on any atom is 0.306 e. The van der Waals surface area contributed by atoms with Crippen molar-refractivity contribution in [1.29, 1.82) is 0 Å². The Hall–Kier alpha value is -2.37. The second-order valence-corrected chi connectivity index (χ2v) is 18.1. The van der Waals surface area contributed by atoms with Crippen LogP contribution in [-0.2, 0) is 28.6 Å². The Balaban J connectivity index is 4.05. The molecular weight excluding hydrogens is 769 g/mol. The van der Waals surface area contributed by atoms with E-state index in [1.807, 2.05) is 0 Å². The van der Waals surface area contributed by atoms with Crippen molar-refractivity contribution in [2.45, 2.75) is 290 Å². The number of unbranched alkanes of at least 4 members (excludes halogenated alkanes) is 32. The number of hydrogen-bond donors (Lipinski definition) is 0. The van der Waals surface area contributed by atoms with Gasteiger partial charge in [-0.3, -0.25) is 14.4 Å². The van der Waals surface area contributed by atoms with Crippen molar-refractivity contribution in [3.63, 3.8) is 0 Å². The number of allylic oxidation sites excluding steroid dienone is 6. The normalized spacial score (nSPS) is 12.2. The molecule has 0 bridgehead atoms. The smallest absolute Gasteiger partial charge is 0.306 e. The first kappa shape index (κ1) is 59.6. The van der Waals surface area contributed by atoms with E-state index in [-0.39, 0.29) is 31.1 Å². The summed E-state index contributed by atoms with van der Waals surface area (Å²) in [7, 11) is 0. The summed E-state index contributed by atoms with van der Waals surface area (Å²) in [5.74, 6) is -0.897. The first-order valence-corrected chi connectivity index (χ1v) is 27.0. The van der Waals surface area contributed by atoms with Crippen molar-refractivity contribution in [1.82, 2.24) is 0 Å². The molecule has 6 heteroatoms. The molecule has 0 spiro atoms.